The molecule has 31 heavy (non-hydrogen) atoms. The van der Waals surface area contributed by atoms with Gasteiger partial charge in [-0.25, -0.2) is 4.98 Å². The molecular formula is C25H26BrN5. The lowest BCUT2D eigenvalue weighted by Gasteiger charge is -2.14. The van der Waals surface area contributed by atoms with Crippen molar-refractivity contribution in [3.8, 4) is 0 Å². The van der Waals surface area contributed by atoms with Gasteiger partial charge in [-0.15, -0.1) is 0 Å². The molecule has 0 atom stereocenters. The van der Waals surface area contributed by atoms with Crippen molar-refractivity contribution < 1.29 is 0 Å². The summed E-state index contributed by atoms with van der Waals surface area (Å²) in [7, 11) is 1.95. The van der Waals surface area contributed by atoms with E-state index in [0.717, 1.165) is 22.3 Å². The number of halogens is 1. The van der Waals surface area contributed by atoms with E-state index >= 15 is 0 Å². The highest BCUT2D eigenvalue weighted by Crippen LogP contribution is 2.35. The molecule has 0 aliphatic heterocycles. The lowest BCUT2D eigenvalue weighted by atomic mass is 10.0. The molecule has 4 rings (SSSR count). The molecule has 0 radical (unpaired) electrons. The maximum Gasteiger partial charge on any atom is 0.229 e. The number of hydrogen-bond donors (Lipinski definition) is 3. The minimum Gasteiger partial charge on any atom is -0.391 e. The molecule has 1 heterocycles. The molecule has 1 saturated carbocycles. The van der Waals surface area contributed by atoms with E-state index in [1.54, 1.807) is 6.20 Å². The Morgan fingerprint density at radius 3 is 2.61 bits per heavy atom. The summed E-state index contributed by atoms with van der Waals surface area (Å²) < 4.78 is 0.780. The minimum atomic E-state index is 0.527. The van der Waals surface area contributed by atoms with E-state index in [-0.39, 0.29) is 0 Å². The van der Waals surface area contributed by atoms with E-state index < -0.39 is 0 Å². The molecule has 3 aromatic rings. The first-order chi connectivity index (χ1) is 15.1. The normalized spacial score (nSPS) is 13.5. The number of hydrogen-bond acceptors (Lipinski definition) is 5. The van der Waals surface area contributed by atoms with Crippen LogP contribution in [-0.2, 0) is 6.42 Å². The fourth-order valence-corrected chi connectivity index (χ4v) is 3.70. The highest BCUT2D eigenvalue weighted by Gasteiger charge is 2.25. The third-order valence-electron chi connectivity index (χ3n) is 5.16. The van der Waals surface area contributed by atoms with E-state index in [1.165, 1.54) is 29.7 Å². The number of para-hydroxylation sites is 1. The fraction of sp³-hybridized carbons (Fsp3) is 0.200. The summed E-state index contributed by atoms with van der Waals surface area (Å²) >= 11 is 3.53. The van der Waals surface area contributed by atoms with Gasteiger partial charge in [-0.1, -0.05) is 55.1 Å². The Morgan fingerprint density at radius 1 is 1.13 bits per heavy atom. The topological polar surface area (TPSA) is 61.9 Å². The monoisotopic (exact) mass is 475 g/mol. The summed E-state index contributed by atoms with van der Waals surface area (Å²) in [5, 5.41) is 9.93. The lowest BCUT2D eigenvalue weighted by Crippen LogP contribution is -2.10. The van der Waals surface area contributed by atoms with Gasteiger partial charge in [0.15, 0.2) is 0 Å². The summed E-state index contributed by atoms with van der Waals surface area (Å²) in [5.74, 6) is 1.82. The predicted molar refractivity (Wildman–Crippen MR) is 131 cm³/mol. The number of allylic oxidation sites excluding steroid dienone is 2. The van der Waals surface area contributed by atoms with Gasteiger partial charge in [-0.3, -0.25) is 0 Å². The summed E-state index contributed by atoms with van der Waals surface area (Å²) in [4.78, 5) is 9.10. The van der Waals surface area contributed by atoms with Crippen LogP contribution in [0.25, 0.3) is 0 Å². The van der Waals surface area contributed by atoms with E-state index in [0.29, 0.717) is 17.7 Å². The Labute approximate surface area is 191 Å². The molecule has 158 valence electrons. The largest absolute Gasteiger partial charge is 0.391 e. The van der Waals surface area contributed by atoms with E-state index in [4.69, 9.17) is 0 Å². The van der Waals surface area contributed by atoms with E-state index in [2.05, 4.69) is 90.9 Å². The second-order valence-corrected chi connectivity index (χ2v) is 8.46. The first-order valence-corrected chi connectivity index (χ1v) is 11.2. The summed E-state index contributed by atoms with van der Waals surface area (Å²) in [6, 6.07) is 18.7. The molecule has 3 N–H and O–H groups in total. The van der Waals surface area contributed by atoms with Crippen LogP contribution in [0.2, 0.25) is 0 Å². The van der Waals surface area contributed by atoms with Crippen molar-refractivity contribution in [3.05, 3.63) is 100 Å². The molecule has 0 unspecified atom stereocenters. The van der Waals surface area contributed by atoms with Gasteiger partial charge in [0.05, 0.1) is 4.47 Å². The number of nitrogens with zero attached hydrogens (tertiary/aromatic N) is 2. The van der Waals surface area contributed by atoms with Gasteiger partial charge in [0.1, 0.15) is 5.82 Å². The first kappa shape index (κ1) is 21.1. The van der Waals surface area contributed by atoms with Crippen LogP contribution in [0.5, 0.6) is 0 Å². The third-order valence-corrected chi connectivity index (χ3v) is 5.74. The number of aromatic nitrogens is 2. The fourth-order valence-electron chi connectivity index (χ4n) is 3.41. The van der Waals surface area contributed by atoms with Crippen LogP contribution in [0, 0.1) is 5.92 Å². The number of rotatable bonds is 9. The Kier molecular flexibility index (Phi) is 6.67. The van der Waals surface area contributed by atoms with Crippen molar-refractivity contribution in [2.45, 2.75) is 19.3 Å². The summed E-state index contributed by atoms with van der Waals surface area (Å²) in [6.45, 7) is 4.13. The van der Waals surface area contributed by atoms with Crippen molar-refractivity contribution in [2.75, 3.05) is 17.7 Å². The van der Waals surface area contributed by atoms with Crippen LogP contribution in [-0.4, -0.2) is 17.0 Å². The Morgan fingerprint density at radius 2 is 1.87 bits per heavy atom. The maximum atomic E-state index is 4.66. The molecule has 0 saturated heterocycles. The molecule has 0 spiro atoms. The first-order valence-electron chi connectivity index (χ1n) is 10.4. The molecule has 1 aliphatic carbocycles. The van der Waals surface area contributed by atoms with Crippen molar-refractivity contribution >= 4 is 33.4 Å². The molecule has 1 fully saturated rings. The zero-order valence-corrected chi connectivity index (χ0v) is 19.1. The van der Waals surface area contributed by atoms with Gasteiger partial charge in [0, 0.05) is 30.3 Å². The van der Waals surface area contributed by atoms with Gasteiger partial charge in [-0.2, -0.15) is 4.98 Å². The second kappa shape index (κ2) is 9.79. The molecule has 1 aromatic heterocycles. The van der Waals surface area contributed by atoms with Gasteiger partial charge >= 0.3 is 0 Å². The predicted octanol–water partition coefficient (Wildman–Crippen LogP) is 6.01. The van der Waals surface area contributed by atoms with Crippen molar-refractivity contribution in [2.24, 2.45) is 5.92 Å². The molecular weight excluding hydrogens is 450 g/mol. The second-order valence-electron chi connectivity index (χ2n) is 7.61. The summed E-state index contributed by atoms with van der Waals surface area (Å²) in [5.41, 5.74) is 5.42. The molecule has 0 amide bonds. The van der Waals surface area contributed by atoms with Crippen molar-refractivity contribution in [3.63, 3.8) is 0 Å². The molecule has 1 aliphatic rings. The van der Waals surface area contributed by atoms with Crippen LogP contribution in [0.15, 0.2) is 89.3 Å². The number of nitrogens with one attached hydrogen (secondary N) is 3. The Hall–Kier alpha value is -3.12. The average Bonchev–Trinajstić information content (AvgIpc) is 3.62. The zero-order chi connectivity index (χ0) is 21.6. The van der Waals surface area contributed by atoms with Crippen molar-refractivity contribution in [1.82, 2.24) is 15.3 Å². The van der Waals surface area contributed by atoms with Crippen molar-refractivity contribution in [1.29, 1.82) is 0 Å². The lowest BCUT2D eigenvalue weighted by molar-refractivity contribution is 0.845. The SMILES string of the molecule is C=C(/C=C(\NC)C1CC1)Nc1nc(Nc2ccccc2Cc2ccccc2)ncc1Br. The zero-order valence-electron chi connectivity index (χ0n) is 17.5. The molecule has 6 heteroatoms. The number of anilines is 3. The maximum absolute atomic E-state index is 4.66. The summed E-state index contributed by atoms with van der Waals surface area (Å²) in [6.07, 6.45) is 7.09. The minimum absolute atomic E-state index is 0.527. The van der Waals surface area contributed by atoms with Crippen LogP contribution in [0.3, 0.4) is 0 Å². The smallest absolute Gasteiger partial charge is 0.229 e. The quantitative estimate of drug-likeness (QED) is 0.330. The van der Waals surface area contributed by atoms with Gasteiger partial charge in [0.2, 0.25) is 5.95 Å². The van der Waals surface area contributed by atoms with Crippen LogP contribution in [0.1, 0.15) is 24.0 Å². The van der Waals surface area contributed by atoms with Crippen LogP contribution >= 0.6 is 15.9 Å². The Balaban J connectivity index is 1.51. The molecule has 5 nitrogen and oxygen atoms in total. The Bertz CT molecular complexity index is 1090. The van der Waals surface area contributed by atoms with Gasteiger partial charge in [0.25, 0.3) is 0 Å². The molecule has 0 bridgehead atoms. The standard InChI is InChI=1S/C25H26BrN5/c1-17(14-23(27-2)19-12-13-19)29-24-21(26)16-28-25(31-24)30-22-11-7-6-10-20(22)15-18-8-4-3-5-9-18/h3-11,14,16,19,27H,1,12-13,15H2,2H3,(H2,28,29,30,31)/b23-14-. The van der Waals surface area contributed by atoms with E-state index in [1.807, 2.05) is 25.2 Å². The van der Waals surface area contributed by atoms with E-state index in [9.17, 15) is 0 Å². The van der Waals surface area contributed by atoms with Crippen LogP contribution in [0.4, 0.5) is 17.5 Å². The highest BCUT2D eigenvalue weighted by molar-refractivity contribution is 9.10. The van der Waals surface area contributed by atoms with Crippen LogP contribution < -0.4 is 16.0 Å². The van der Waals surface area contributed by atoms with Gasteiger partial charge < -0.3 is 16.0 Å². The number of benzene rings is 2. The molecule has 2 aromatic carbocycles. The van der Waals surface area contributed by atoms with Gasteiger partial charge in [-0.05, 0) is 64.4 Å². The third kappa shape index (κ3) is 5.73. The average molecular weight is 476 g/mol. The highest BCUT2D eigenvalue weighted by atomic mass is 79.9.